The van der Waals surface area contributed by atoms with Crippen LogP contribution in [0.1, 0.15) is 13.8 Å². The van der Waals surface area contributed by atoms with Crippen LogP contribution < -0.4 is 21.2 Å². The molecule has 0 saturated heterocycles. The zero-order valence-electron chi connectivity index (χ0n) is 7.05. The van der Waals surface area contributed by atoms with Gasteiger partial charge in [-0.15, -0.1) is 0 Å². The molecule has 0 aliphatic carbocycles. The third kappa shape index (κ3) is 3.75. The van der Waals surface area contributed by atoms with Gasteiger partial charge in [-0.2, -0.15) is 0 Å². The van der Waals surface area contributed by atoms with Gasteiger partial charge in [-0.25, -0.2) is 0 Å². The first-order valence-electron chi connectivity index (χ1n) is 3.93. The van der Waals surface area contributed by atoms with Crippen molar-refractivity contribution >= 4 is 0 Å². The molecule has 0 aromatic heterocycles. The SMILES string of the molecule is CC(C)C[I-]c1ccccc1. The first-order valence-corrected chi connectivity index (χ1v) is 6.53. The molecular weight excluding hydrogens is 247 g/mol. The summed E-state index contributed by atoms with van der Waals surface area (Å²) in [5, 5.41) is 0. The van der Waals surface area contributed by atoms with Crippen molar-refractivity contribution < 1.29 is 21.2 Å². The Morgan fingerprint density at radius 2 is 1.82 bits per heavy atom. The molecule has 0 spiro atoms. The molecular formula is C10H14I-. The van der Waals surface area contributed by atoms with Crippen LogP contribution in [-0.2, 0) is 0 Å². The first-order chi connectivity index (χ1) is 5.29. The maximum atomic E-state index is 2.29. The summed E-state index contributed by atoms with van der Waals surface area (Å²) in [5.41, 5.74) is 0. The van der Waals surface area contributed by atoms with Gasteiger partial charge in [-0.3, -0.25) is 0 Å². The second-order valence-electron chi connectivity index (χ2n) is 2.98. The van der Waals surface area contributed by atoms with Crippen molar-refractivity contribution in [3.63, 3.8) is 0 Å². The predicted octanol–water partition coefficient (Wildman–Crippen LogP) is -0.399. The molecule has 0 unspecified atom stereocenters. The normalized spacial score (nSPS) is 10.8. The van der Waals surface area contributed by atoms with E-state index >= 15 is 0 Å². The second-order valence-corrected chi connectivity index (χ2v) is 5.87. The number of rotatable bonds is 3. The van der Waals surface area contributed by atoms with E-state index in [1.165, 1.54) is 4.43 Å². The minimum atomic E-state index is 0.286. The number of benzene rings is 1. The van der Waals surface area contributed by atoms with Crippen LogP contribution in [0, 0.1) is 9.49 Å². The van der Waals surface area contributed by atoms with Crippen molar-refractivity contribution in [2.75, 3.05) is 4.43 Å². The molecule has 0 radical (unpaired) electrons. The van der Waals surface area contributed by atoms with Crippen LogP contribution in [0.25, 0.3) is 0 Å². The van der Waals surface area contributed by atoms with Crippen molar-refractivity contribution in [1.29, 1.82) is 0 Å². The molecule has 0 heterocycles. The molecule has 0 aliphatic heterocycles. The number of hydrogen-bond donors (Lipinski definition) is 0. The maximum absolute atomic E-state index is 2.29. The molecule has 0 N–H and O–H groups in total. The Labute approximate surface area is 79.3 Å². The Balaban J connectivity index is 2.39. The fourth-order valence-corrected chi connectivity index (χ4v) is 3.06. The summed E-state index contributed by atoms with van der Waals surface area (Å²) in [5.74, 6) is 0.864. The average molecular weight is 261 g/mol. The molecule has 0 fully saturated rings. The molecule has 1 rings (SSSR count). The van der Waals surface area contributed by atoms with Crippen molar-refractivity contribution in [2.45, 2.75) is 13.8 Å². The van der Waals surface area contributed by atoms with E-state index in [2.05, 4.69) is 44.2 Å². The molecule has 0 aliphatic rings. The van der Waals surface area contributed by atoms with E-state index in [0.29, 0.717) is 0 Å². The molecule has 1 aromatic rings. The van der Waals surface area contributed by atoms with Gasteiger partial charge in [0.25, 0.3) is 0 Å². The first kappa shape index (κ1) is 9.04. The van der Waals surface area contributed by atoms with Gasteiger partial charge >= 0.3 is 79.3 Å². The fourth-order valence-electron chi connectivity index (χ4n) is 0.747. The van der Waals surface area contributed by atoms with Gasteiger partial charge in [0, 0.05) is 0 Å². The van der Waals surface area contributed by atoms with E-state index in [1.54, 1.807) is 3.57 Å². The van der Waals surface area contributed by atoms with Crippen LogP contribution in [0.15, 0.2) is 30.3 Å². The van der Waals surface area contributed by atoms with E-state index < -0.39 is 0 Å². The minimum absolute atomic E-state index is 0.286. The van der Waals surface area contributed by atoms with E-state index in [-0.39, 0.29) is 21.2 Å². The summed E-state index contributed by atoms with van der Waals surface area (Å²) in [4.78, 5) is 0. The predicted molar refractivity (Wildman–Crippen MR) is 44.8 cm³/mol. The second kappa shape index (κ2) is 4.75. The van der Waals surface area contributed by atoms with Crippen LogP contribution >= 0.6 is 0 Å². The Hall–Kier alpha value is -0.0500. The van der Waals surface area contributed by atoms with E-state index in [1.807, 2.05) is 0 Å². The summed E-state index contributed by atoms with van der Waals surface area (Å²) in [6.45, 7) is 4.59. The molecule has 0 amide bonds. The Kier molecular flexibility index (Phi) is 3.91. The summed E-state index contributed by atoms with van der Waals surface area (Å²) < 4.78 is 2.98. The molecule has 62 valence electrons. The van der Waals surface area contributed by atoms with Crippen molar-refractivity contribution in [3.05, 3.63) is 33.9 Å². The zero-order chi connectivity index (χ0) is 8.10. The van der Waals surface area contributed by atoms with Gasteiger partial charge in [0.15, 0.2) is 0 Å². The molecule has 1 heteroatoms. The number of halogens is 1. The zero-order valence-corrected chi connectivity index (χ0v) is 9.21. The molecule has 0 saturated carbocycles. The quantitative estimate of drug-likeness (QED) is 0.513. The van der Waals surface area contributed by atoms with Gasteiger partial charge in [0.2, 0.25) is 0 Å². The molecule has 0 nitrogen and oxygen atoms in total. The summed E-state index contributed by atoms with van der Waals surface area (Å²) in [6, 6.07) is 10.8. The summed E-state index contributed by atoms with van der Waals surface area (Å²) in [6.07, 6.45) is 0. The summed E-state index contributed by atoms with van der Waals surface area (Å²) in [7, 11) is 0. The van der Waals surface area contributed by atoms with Crippen molar-refractivity contribution in [2.24, 2.45) is 5.92 Å². The van der Waals surface area contributed by atoms with Gasteiger partial charge < -0.3 is 0 Å². The fraction of sp³-hybridized carbons (Fsp3) is 0.400. The van der Waals surface area contributed by atoms with E-state index in [4.69, 9.17) is 0 Å². The van der Waals surface area contributed by atoms with Crippen LogP contribution in [0.2, 0.25) is 0 Å². The Bertz CT molecular complexity index is 191. The number of alkyl halides is 1. The topological polar surface area (TPSA) is 0 Å². The van der Waals surface area contributed by atoms with Crippen LogP contribution in [0.4, 0.5) is 0 Å². The Morgan fingerprint density at radius 3 is 2.36 bits per heavy atom. The van der Waals surface area contributed by atoms with Gasteiger partial charge in [0.1, 0.15) is 0 Å². The monoisotopic (exact) mass is 261 g/mol. The van der Waals surface area contributed by atoms with Crippen molar-refractivity contribution in [3.8, 4) is 0 Å². The number of hydrogen-bond acceptors (Lipinski definition) is 0. The molecule has 0 atom stereocenters. The van der Waals surface area contributed by atoms with Crippen LogP contribution in [-0.4, -0.2) is 4.43 Å². The van der Waals surface area contributed by atoms with Crippen LogP contribution in [0.5, 0.6) is 0 Å². The third-order valence-electron chi connectivity index (χ3n) is 1.27. The van der Waals surface area contributed by atoms with E-state index in [0.717, 1.165) is 5.92 Å². The standard InChI is InChI=1S/C10H14I/c1-9(2)8-11-10-6-4-3-5-7-10/h3-7,9H,8H2,1-2H3/q-1. The average Bonchev–Trinajstić information content (AvgIpc) is 2.03. The summed E-state index contributed by atoms with van der Waals surface area (Å²) >= 11 is 0.286. The van der Waals surface area contributed by atoms with Crippen molar-refractivity contribution in [1.82, 2.24) is 0 Å². The molecule has 11 heavy (non-hydrogen) atoms. The Morgan fingerprint density at radius 1 is 1.18 bits per heavy atom. The van der Waals surface area contributed by atoms with Gasteiger partial charge in [-0.1, -0.05) is 0 Å². The molecule has 1 aromatic carbocycles. The third-order valence-corrected chi connectivity index (χ3v) is 5.08. The molecule has 0 bridgehead atoms. The van der Waals surface area contributed by atoms with Gasteiger partial charge in [0.05, 0.1) is 0 Å². The van der Waals surface area contributed by atoms with Crippen LogP contribution in [0.3, 0.4) is 0 Å². The van der Waals surface area contributed by atoms with Gasteiger partial charge in [-0.05, 0) is 0 Å². The van der Waals surface area contributed by atoms with E-state index in [9.17, 15) is 0 Å².